The first kappa shape index (κ1) is 26.4. The number of ketones is 2. The van der Waals surface area contributed by atoms with Crippen molar-refractivity contribution in [2.45, 2.75) is 73.6 Å². The van der Waals surface area contributed by atoms with Crippen LogP contribution >= 0.6 is 11.3 Å². The van der Waals surface area contributed by atoms with Gasteiger partial charge in [0.25, 0.3) is 0 Å². The number of nitrogens with zero attached hydrogens (tertiary/aromatic N) is 2. The maximum atomic E-state index is 11.0. The summed E-state index contributed by atoms with van der Waals surface area (Å²) in [7, 11) is 0. The summed E-state index contributed by atoms with van der Waals surface area (Å²) in [5, 5.41) is 0.920. The first-order chi connectivity index (χ1) is 15.1. The van der Waals surface area contributed by atoms with Crippen LogP contribution < -0.4 is 0 Å². The topological polar surface area (TPSA) is 73.1 Å². The molecule has 0 aliphatic rings. The molecule has 0 aliphatic carbocycles. The molecule has 33 heavy (non-hydrogen) atoms. The number of fused-ring (bicyclic) bond motifs is 2. The van der Waals surface area contributed by atoms with Crippen LogP contribution in [0.3, 0.4) is 0 Å². The number of oxazole rings is 1. The lowest BCUT2D eigenvalue weighted by molar-refractivity contribution is -0.117. The molecule has 0 atom stereocenters. The Bertz CT molecular complexity index is 1150. The van der Waals surface area contributed by atoms with E-state index in [-0.39, 0.29) is 25.4 Å². The van der Waals surface area contributed by atoms with Gasteiger partial charge in [-0.15, -0.1) is 11.3 Å². The summed E-state index contributed by atoms with van der Waals surface area (Å²) >= 11 is 1.61. The molecule has 0 unspecified atom stereocenters. The third kappa shape index (κ3) is 7.06. The molecular formula is C27H34N2O3S. The van der Waals surface area contributed by atoms with E-state index in [1.807, 2.05) is 18.2 Å². The predicted molar refractivity (Wildman–Crippen MR) is 137 cm³/mol. The van der Waals surface area contributed by atoms with Gasteiger partial charge in [0.1, 0.15) is 22.1 Å². The second-order valence-corrected chi connectivity index (χ2v) is 9.85. The Morgan fingerprint density at radius 3 is 2.00 bits per heavy atom. The number of thiazole rings is 1. The molecule has 4 rings (SSSR count). The van der Waals surface area contributed by atoms with Gasteiger partial charge in [-0.05, 0) is 61.1 Å². The lowest BCUT2D eigenvalue weighted by Gasteiger charge is -2.03. The number of carbonyl (C=O) groups excluding carboxylic acids is 2. The smallest absolute Gasteiger partial charge is 0.202 e. The van der Waals surface area contributed by atoms with Crippen molar-refractivity contribution in [2.24, 2.45) is 0 Å². The van der Waals surface area contributed by atoms with Crippen LogP contribution in [0, 0.1) is 0 Å². The molecule has 0 N–H and O–H groups in total. The number of aromatic nitrogens is 2. The molecule has 6 heteroatoms. The Morgan fingerprint density at radius 2 is 1.42 bits per heavy atom. The molecule has 0 saturated heterocycles. The van der Waals surface area contributed by atoms with E-state index < -0.39 is 0 Å². The minimum absolute atomic E-state index is 0. The van der Waals surface area contributed by atoms with Crippen molar-refractivity contribution in [2.75, 3.05) is 0 Å². The van der Waals surface area contributed by atoms with E-state index in [1.165, 1.54) is 22.8 Å². The van der Waals surface area contributed by atoms with Gasteiger partial charge in [-0.25, -0.2) is 9.97 Å². The van der Waals surface area contributed by atoms with Gasteiger partial charge in [0, 0.05) is 0 Å². The van der Waals surface area contributed by atoms with Crippen LogP contribution in [0.1, 0.15) is 82.8 Å². The summed E-state index contributed by atoms with van der Waals surface area (Å²) in [4.78, 5) is 30.8. The van der Waals surface area contributed by atoms with Crippen LogP contribution in [0.4, 0.5) is 0 Å². The van der Waals surface area contributed by atoms with Crippen molar-refractivity contribution in [3.8, 4) is 0 Å². The van der Waals surface area contributed by atoms with Gasteiger partial charge < -0.3 is 4.42 Å². The standard InChI is InChI=1S/C13H15NO2.C13H15NOS.CH4/c2*1-8(2)10-4-5-12-11(7-10)14-13(16-12)6-9(3)15;/h2*4-5,7-8H,6H2,1-3H3;1H4. The van der Waals surface area contributed by atoms with Crippen molar-refractivity contribution in [3.63, 3.8) is 0 Å². The molecule has 0 amide bonds. The third-order valence-electron chi connectivity index (χ3n) is 5.05. The van der Waals surface area contributed by atoms with E-state index in [2.05, 4.69) is 55.9 Å². The third-order valence-corrected chi connectivity index (χ3v) is 6.08. The van der Waals surface area contributed by atoms with Gasteiger partial charge in [0.05, 0.1) is 23.1 Å². The van der Waals surface area contributed by atoms with Gasteiger partial charge in [0.15, 0.2) is 5.58 Å². The molecule has 5 nitrogen and oxygen atoms in total. The highest BCUT2D eigenvalue weighted by molar-refractivity contribution is 7.18. The monoisotopic (exact) mass is 466 g/mol. The van der Waals surface area contributed by atoms with Gasteiger partial charge in [-0.2, -0.15) is 0 Å². The Labute approximate surface area is 200 Å². The molecule has 2 heterocycles. The number of Topliss-reactive ketones (excluding diaryl/α,β-unsaturated/α-hetero) is 2. The maximum absolute atomic E-state index is 11.0. The fourth-order valence-electron chi connectivity index (χ4n) is 3.28. The first-order valence-electron chi connectivity index (χ1n) is 10.9. The van der Waals surface area contributed by atoms with Crippen LogP contribution in [0.15, 0.2) is 40.8 Å². The van der Waals surface area contributed by atoms with Crippen molar-refractivity contribution >= 4 is 44.2 Å². The Morgan fingerprint density at radius 1 is 0.848 bits per heavy atom. The normalized spacial score (nSPS) is 10.9. The molecule has 0 saturated carbocycles. The molecule has 0 aliphatic heterocycles. The Kier molecular flexibility index (Phi) is 9.06. The van der Waals surface area contributed by atoms with E-state index in [0.29, 0.717) is 24.1 Å². The highest BCUT2D eigenvalue weighted by Crippen LogP contribution is 2.26. The molecule has 0 spiro atoms. The fraction of sp³-hybridized carbons (Fsp3) is 0.407. The molecule has 4 aromatic rings. The predicted octanol–water partition coefficient (Wildman–Crippen LogP) is 7.27. The zero-order valence-corrected chi connectivity index (χ0v) is 20.4. The summed E-state index contributed by atoms with van der Waals surface area (Å²) in [6.45, 7) is 11.8. The van der Waals surface area contributed by atoms with E-state index in [4.69, 9.17) is 4.42 Å². The Balaban J connectivity index is 0.000000227. The average Bonchev–Trinajstić information content (AvgIpc) is 3.28. The van der Waals surface area contributed by atoms with E-state index in [1.54, 1.807) is 18.3 Å². The largest absolute Gasteiger partial charge is 0.440 e. The number of hydrogen-bond donors (Lipinski definition) is 0. The molecule has 0 bridgehead atoms. The molecule has 176 valence electrons. The summed E-state index contributed by atoms with van der Waals surface area (Å²) < 4.78 is 6.65. The maximum Gasteiger partial charge on any atom is 0.202 e. The summed E-state index contributed by atoms with van der Waals surface area (Å²) in [5.41, 5.74) is 5.14. The van der Waals surface area contributed by atoms with Crippen LogP contribution in [0.25, 0.3) is 21.3 Å². The minimum Gasteiger partial charge on any atom is -0.440 e. The lowest BCUT2D eigenvalue weighted by Crippen LogP contribution is -1.95. The molecular weight excluding hydrogens is 432 g/mol. The zero-order chi connectivity index (χ0) is 23.4. The van der Waals surface area contributed by atoms with Gasteiger partial charge in [-0.1, -0.05) is 47.3 Å². The summed E-state index contributed by atoms with van der Waals surface area (Å²) in [6, 6.07) is 12.3. The average molecular weight is 467 g/mol. The number of carbonyl (C=O) groups is 2. The quantitative estimate of drug-likeness (QED) is 0.299. The van der Waals surface area contributed by atoms with Crippen LogP contribution in [-0.4, -0.2) is 21.5 Å². The van der Waals surface area contributed by atoms with Crippen LogP contribution in [0.2, 0.25) is 0 Å². The summed E-state index contributed by atoms with van der Waals surface area (Å²) in [5.74, 6) is 1.72. The fourth-order valence-corrected chi connectivity index (χ4v) is 4.30. The highest BCUT2D eigenvalue weighted by atomic mass is 32.1. The Hall–Kier alpha value is -2.86. The SMILES string of the molecule is C.CC(=O)Cc1nc2cc(C(C)C)ccc2o1.CC(=O)Cc1nc2cc(C(C)C)ccc2s1. The minimum atomic E-state index is 0. The molecule has 2 aromatic carbocycles. The van der Waals surface area contributed by atoms with Gasteiger partial charge in [-0.3, -0.25) is 9.59 Å². The van der Waals surface area contributed by atoms with E-state index in [0.717, 1.165) is 21.6 Å². The number of rotatable bonds is 6. The lowest BCUT2D eigenvalue weighted by atomic mass is 10.0. The second-order valence-electron chi connectivity index (χ2n) is 8.74. The van der Waals surface area contributed by atoms with Gasteiger partial charge >= 0.3 is 0 Å². The van der Waals surface area contributed by atoms with Crippen LogP contribution in [-0.2, 0) is 22.4 Å². The number of hydrogen-bond acceptors (Lipinski definition) is 6. The first-order valence-corrected chi connectivity index (χ1v) is 11.7. The summed E-state index contributed by atoms with van der Waals surface area (Å²) in [6.07, 6.45) is 0.724. The second kappa shape index (κ2) is 11.3. The van der Waals surface area contributed by atoms with Crippen molar-refractivity contribution in [3.05, 3.63) is 58.4 Å². The highest BCUT2D eigenvalue weighted by Gasteiger charge is 2.10. The van der Waals surface area contributed by atoms with Crippen molar-refractivity contribution in [1.82, 2.24) is 9.97 Å². The molecule has 0 fully saturated rings. The van der Waals surface area contributed by atoms with Crippen molar-refractivity contribution < 1.29 is 14.0 Å². The zero-order valence-electron chi connectivity index (χ0n) is 19.6. The van der Waals surface area contributed by atoms with Crippen molar-refractivity contribution in [1.29, 1.82) is 0 Å². The number of benzene rings is 2. The molecule has 2 aromatic heterocycles. The van der Waals surface area contributed by atoms with E-state index in [9.17, 15) is 9.59 Å². The molecule has 0 radical (unpaired) electrons. The van der Waals surface area contributed by atoms with E-state index >= 15 is 0 Å². The van der Waals surface area contributed by atoms with Gasteiger partial charge in [0.2, 0.25) is 5.89 Å². The van der Waals surface area contributed by atoms with Crippen LogP contribution in [0.5, 0.6) is 0 Å².